The van der Waals surface area contributed by atoms with Gasteiger partial charge in [0, 0.05) is 49.5 Å². The molecule has 3 rings (SSSR count). The van der Waals surface area contributed by atoms with Crippen LogP contribution >= 0.6 is 11.3 Å². The quantitative estimate of drug-likeness (QED) is 0.856. The van der Waals surface area contributed by atoms with Crippen LogP contribution in [0.4, 0.5) is 5.95 Å². The number of hydrogen-bond donors (Lipinski definition) is 1. The van der Waals surface area contributed by atoms with E-state index in [1.807, 2.05) is 22.4 Å². The van der Waals surface area contributed by atoms with Gasteiger partial charge in [0.25, 0.3) is 0 Å². The van der Waals surface area contributed by atoms with E-state index < -0.39 is 0 Å². The molecule has 1 aliphatic heterocycles. The van der Waals surface area contributed by atoms with Crippen LogP contribution in [0.25, 0.3) is 6.08 Å². The first-order chi connectivity index (χ1) is 11.8. The summed E-state index contributed by atoms with van der Waals surface area (Å²) in [6, 6.07) is 3.69. The number of carbonyl (C=O) groups is 1. The maximum absolute atomic E-state index is 12.4. The Bertz CT molecular complexity index is 702. The monoisotopic (exact) mass is 344 g/mol. The van der Waals surface area contributed by atoms with Gasteiger partial charge >= 0.3 is 0 Å². The molecule has 0 unspecified atom stereocenters. The van der Waals surface area contributed by atoms with Gasteiger partial charge in [0.15, 0.2) is 0 Å². The van der Waals surface area contributed by atoms with Crippen molar-refractivity contribution in [1.82, 2.24) is 14.9 Å². The summed E-state index contributed by atoms with van der Waals surface area (Å²) in [6.45, 7) is 3.01. The van der Waals surface area contributed by atoms with Crippen LogP contribution in [0.1, 0.15) is 16.9 Å². The summed E-state index contributed by atoms with van der Waals surface area (Å²) in [6.07, 6.45) is 7.80. The maximum Gasteiger partial charge on any atom is 0.246 e. The highest BCUT2D eigenvalue weighted by molar-refractivity contribution is 7.11. The Balaban J connectivity index is 1.58. The van der Waals surface area contributed by atoms with Gasteiger partial charge in [0.1, 0.15) is 0 Å². The lowest BCUT2D eigenvalue weighted by molar-refractivity contribution is -0.125. The van der Waals surface area contributed by atoms with Crippen LogP contribution in [0.5, 0.6) is 0 Å². The maximum atomic E-state index is 12.4. The van der Waals surface area contributed by atoms with E-state index in [1.165, 1.54) is 11.3 Å². The number of anilines is 1. The van der Waals surface area contributed by atoms with E-state index in [1.54, 1.807) is 24.5 Å². The highest BCUT2D eigenvalue weighted by Gasteiger charge is 2.18. The summed E-state index contributed by atoms with van der Waals surface area (Å²) < 4.78 is 0. The van der Waals surface area contributed by atoms with E-state index in [0.717, 1.165) is 42.4 Å². The third kappa shape index (κ3) is 4.18. The number of amides is 1. The van der Waals surface area contributed by atoms with Gasteiger partial charge in [-0.25, -0.2) is 9.97 Å². The third-order valence-corrected chi connectivity index (χ3v) is 4.84. The predicted molar refractivity (Wildman–Crippen MR) is 94.7 cm³/mol. The van der Waals surface area contributed by atoms with Crippen molar-refractivity contribution in [3.05, 3.63) is 46.4 Å². The number of aliphatic hydroxyl groups is 1. The van der Waals surface area contributed by atoms with Crippen molar-refractivity contribution in [2.45, 2.75) is 13.0 Å². The Morgan fingerprint density at radius 1 is 1.25 bits per heavy atom. The zero-order chi connectivity index (χ0) is 16.8. The Hall–Kier alpha value is -2.25. The van der Waals surface area contributed by atoms with E-state index in [9.17, 15) is 4.79 Å². The molecule has 6 nitrogen and oxygen atoms in total. The molecule has 0 bridgehead atoms. The zero-order valence-corrected chi connectivity index (χ0v) is 14.2. The number of thiophene rings is 1. The Morgan fingerprint density at radius 2 is 2.08 bits per heavy atom. The summed E-state index contributed by atoms with van der Waals surface area (Å²) >= 11 is 1.52. The Morgan fingerprint density at radius 3 is 2.83 bits per heavy atom. The molecule has 0 saturated carbocycles. The van der Waals surface area contributed by atoms with Crippen molar-refractivity contribution in [3.8, 4) is 0 Å². The molecule has 126 valence electrons. The molecule has 2 aromatic rings. The van der Waals surface area contributed by atoms with Gasteiger partial charge in [-0.1, -0.05) is 0 Å². The first kappa shape index (κ1) is 16.6. The lowest BCUT2D eigenvalue weighted by Crippen LogP contribution is -2.34. The van der Waals surface area contributed by atoms with Gasteiger partial charge in [0.2, 0.25) is 11.9 Å². The second-order valence-electron chi connectivity index (χ2n) is 5.56. The molecule has 7 heteroatoms. The molecule has 0 aromatic carbocycles. The molecule has 1 N–H and O–H groups in total. The summed E-state index contributed by atoms with van der Waals surface area (Å²) in [5, 5.41) is 11.0. The van der Waals surface area contributed by atoms with Gasteiger partial charge < -0.3 is 14.9 Å². The van der Waals surface area contributed by atoms with Crippen LogP contribution < -0.4 is 4.90 Å². The van der Waals surface area contributed by atoms with Gasteiger partial charge in [0.05, 0.1) is 6.61 Å². The van der Waals surface area contributed by atoms with Gasteiger partial charge in [-0.3, -0.25) is 4.79 Å². The van der Waals surface area contributed by atoms with E-state index in [0.29, 0.717) is 6.54 Å². The van der Waals surface area contributed by atoms with E-state index >= 15 is 0 Å². The molecule has 0 aliphatic carbocycles. The topological polar surface area (TPSA) is 69.6 Å². The van der Waals surface area contributed by atoms with Gasteiger partial charge in [-0.15, -0.1) is 11.3 Å². The van der Waals surface area contributed by atoms with E-state index in [4.69, 9.17) is 5.11 Å². The van der Waals surface area contributed by atoms with Crippen molar-refractivity contribution in [2.24, 2.45) is 0 Å². The summed E-state index contributed by atoms with van der Waals surface area (Å²) in [4.78, 5) is 25.9. The molecular formula is C17H20N4O2S. The fraction of sp³-hybridized carbons (Fsp3) is 0.353. The lowest BCUT2D eigenvalue weighted by atomic mass is 10.3. The highest BCUT2D eigenvalue weighted by Crippen LogP contribution is 2.17. The standard InChI is InChI=1S/C17H20N4O2S/c22-12-14-11-15(24-13-14)3-4-16(23)20-7-2-8-21(10-9-20)17-18-5-1-6-19-17/h1,3-6,11,13,22H,2,7-10,12H2. The van der Waals surface area contributed by atoms with Crippen LogP contribution in [0.3, 0.4) is 0 Å². The fourth-order valence-electron chi connectivity index (χ4n) is 2.62. The molecule has 1 fully saturated rings. The average Bonchev–Trinajstić information content (AvgIpc) is 2.95. The molecule has 1 saturated heterocycles. The Kier molecular flexibility index (Phi) is 5.55. The number of aromatic nitrogens is 2. The third-order valence-electron chi connectivity index (χ3n) is 3.89. The van der Waals surface area contributed by atoms with E-state index in [-0.39, 0.29) is 12.5 Å². The van der Waals surface area contributed by atoms with Crippen molar-refractivity contribution in [1.29, 1.82) is 0 Å². The number of rotatable bonds is 4. The van der Waals surface area contributed by atoms with Crippen molar-refractivity contribution >= 4 is 29.3 Å². The molecule has 0 radical (unpaired) electrons. The van der Waals surface area contributed by atoms with Crippen LogP contribution in [0.2, 0.25) is 0 Å². The Labute approximate surface area is 145 Å². The first-order valence-corrected chi connectivity index (χ1v) is 8.81. The predicted octanol–water partition coefficient (Wildman–Crippen LogP) is 1.78. The number of carbonyl (C=O) groups excluding carboxylic acids is 1. The fourth-order valence-corrected chi connectivity index (χ4v) is 3.41. The summed E-state index contributed by atoms with van der Waals surface area (Å²) in [5.41, 5.74) is 0.875. The van der Waals surface area contributed by atoms with Crippen LogP contribution in [0.15, 0.2) is 36.0 Å². The summed E-state index contributed by atoms with van der Waals surface area (Å²) in [7, 11) is 0. The molecule has 0 spiro atoms. The molecule has 1 aliphatic rings. The molecule has 24 heavy (non-hydrogen) atoms. The SMILES string of the molecule is O=C(C=Cc1cc(CO)cs1)N1CCCN(c2ncccn2)CC1. The van der Waals surface area contributed by atoms with Crippen molar-refractivity contribution < 1.29 is 9.90 Å². The number of hydrogen-bond acceptors (Lipinski definition) is 6. The second kappa shape index (κ2) is 8.03. The molecule has 2 aromatic heterocycles. The molecule has 3 heterocycles. The minimum atomic E-state index is 0.0183. The molecule has 1 amide bonds. The average molecular weight is 344 g/mol. The number of aliphatic hydroxyl groups excluding tert-OH is 1. The minimum absolute atomic E-state index is 0.0183. The summed E-state index contributed by atoms with van der Waals surface area (Å²) in [5.74, 6) is 0.738. The van der Waals surface area contributed by atoms with Crippen LogP contribution in [-0.2, 0) is 11.4 Å². The molecule has 0 atom stereocenters. The normalized spacial score (nSPS) is 15.7. The largest absolute Gasteiger partial charge is 0.392 e. The van der Waals surface area contributed by atoms with Crippen LogP contribution in [0, 0.1) is 0 Å². The smallest absolute Gasteiger partial charge is 0.246 e. The number of nitrogens with zero attached hydrogens (tertiary/aromatic N) is 4. The van der Waals surface area contributed by atoms with Crippen molar-refractivity contribution in [3.63, 3.8) is 0 Å². The van der Waals surface area contributed by atoms with Gasteiger partial charge in [-0.05, 0) is 35.6 Å². The minimum Gasteiger partial charge on any atom is -0.392 e. The van der Waals surface area contributed by atoms with E-state index in [2.05, 4.69) is 14.9 Å². The molecular weight excluding hydrogens is 324 g/mol. The second-order valence-corrected chi connectivity index (χ2v) is 6.51. The van der Waals surface area contributed by atoms with Crippen molar-refractivity contribution in [2.75, 3.05) is 31.1 Å². The van der Waals surface area contributed by atoms with Gasteiger partial charge in [-0.2, -0.15) is 0 Å². The first-order valence-electron chi connectivity index (χ1n) is 7.93. The van der Waals surface area contributed by atoms with Crippen LogP contribution in [-0.4, -0.2) is 52.1 Å². The zero-order valence-electron chi connectivity index (χ0n) is 13.3. The lowest BCUT2D eigenvalue weighted by Gasteiger charge is -2.21. The highest BCUT2D eigenvalue weighted by atomic mass is 32.1.